The molecular weight excluding hydrogens is 600 g/mol. The minimum Gasteiger partial charge on any atom is -0.352 e. The molecule has 1 N–H and O–H groups in total. The third-order valence-electron chi connectivity index (χ3n) is 6.88. The van der Waals surface area contributed by atoms with E-state index < -0.39 is 21.9 Å². The second-order valence-corrected chi connectivity index (χ2v) is 12.9. The van der Waals surface area contributed by atoms with Crippen LogP contribution < -0.4 is 9.62 Å². The molecule has 11 heteroatoms. The summed E-state index contributed by atoms with van der Waals surface area (Å²) in [7, 11) is -3.83. The smallest absolute Gasteiger partial charge is 0.243 e. The number of nitrogens with zero attached hydrogens (tertiary/aromatic N) is 2. The molecule has 0 unspecified atom stereocenters. The number of sulfonamides is 1. The first-order chi connectivity index (χ1) is 19.9. The monoisotopic (exact) mass is 635 g/mol. The quantitative estimate of drug-likeness (QED) is 0.227. The Morgan fingerprint density at radius 3 is 2.24 bits per heavy atom. The van der Waals surface area contributed by atoms with E-state index in [0.29, 0.717) is 22.0 Å². The third-order valence-corrected chi connectivity index (χ3v) is 8.80. The van der Waals surface area contributed by atoms with Gasteiger partial charge in [-0.05, 0) is 55.2 Å². The summed E-state index contributed by atoms with van der Waals surface area (Å²) in [6, 6.07) is 19.0. The molecule has 0 heterocycles. The van der Waals surface area contributed by atoms with Crippen molar-refractivity contribution in [3.63, 3.8) is 0 Å². The molecule has 0 spiro atoms. The van der Waals surface area contributed by atoms with Crippen molar-refractivity contribution in [1.29, 1.82) is 0 Å². The van der Waals surface area contributed by atoms with Crippen molar-refractivity contribution >= 4 is 50.7 Å². The van der Waals surface area contributed by atoms with Gasteiger partial charge in [-0.15, -0.1) is 0 Å². The number of carbonyl (C=O) groups is 2. The van der Waals surface area contributed by atoms with E-state index in [0.717, 1.165) is 16.1 Å². The van der Waals surface area contributed by atoms with Crippen LogP contribution in [0.1, 0.15) is 44.2 Å². The van der Waals surface area contributed by atoms with Crippen LogP contribution in [0.5, 0.6) is 0 Å². The molecule has 2 atom stereocenters. The Labute approximate surface area is 257 Å². The van der Waals surface area contributed by atoms with Crippen molar-refractivity contribution < 1.29 is 22.4 Å². The van der Waals surface area contributed by atoms with E-state index in [9.17, 15) is 22.4 Å². The summed E-state index contributed by atoms with van der Waals surface area (Å²) < 4.78 is 40.5. The second-order valence-electron chi connectivity index (χ2n) is 10.2. The summed E-state index contributed by atoms with van der Waals surface area (Å²) in [6.45, 7) is 3.81. The molecule has 0 aliphatic rings. The molecule has 42 heavy (non-hydrogen) atoms. The van der Waals surface area contributed by atoms with Crippen LogP contribution in [0.15, 0.2) is 72.8 Å². The largest absolute Gasteiger partial charge is 0.352 e. The highest BCUT2D eigenvalue weighted by Crippen LogP contribution is 2.26. The number of anilines is 1. The van der Waals surface area contributed by atoms with E-state index in [2.05, 4.69) is 5.32 Å². The molecule has 0 fully saturated rings. The predicted octanol–water partition coefficient (Wildman–Crippen LogP) is 6.23. The van der Waals surface area contributed by atoms with Gasteiger partial charge in [-0.25, -0.2) is 12.8 Å². The van der Waals surface area contributed by atoms with Gasteiger partial charge in [0.1, 0.15) is 11.9 Å². The van der Waals surface area contributed by atoms with Crippen LogP contribution in [-0.4, -0.2) is 50.0 Å². The van der Waals surface area contributed by atoms with Gasteiger partial charge in [-0.3, -0.25) is 13.9 Å². The van der Waals surface area contributed by atoms with E-state index >= 15 is 0 Å². The summed E-state index contributed by atoms with van der Waals surface area (Å²) in [4.78, 5) is 29.0. The molecule has 3 aromatic rings. The molecule has 226 valence electrons. The van der Waals surface area contributed by atoms with Gasteiger partial charge in [0.2, 0.25) is 21.8 Å². The van der Waals surface area contributed by atoms with Crippen LogP contribution in [0.2, 0.25) is 10.0 Å². The Bertz CT molecular complexity index is 1470. The highest BCUT2D eigenvalue weighted by molar-refractivity contribution is 7.92. The fourth-order valence-electron chi connectivity index (χ4n) is 4.47. The minimum atomic E-state index is -3.83. The van der Waals surface area contributed by atoms with E-state index in [4.69, 9.17) is 23.2 Å². The standard InChI is InChI=1S/C31H36Cl2FN3O4S/c1-4-22(2)35-31(39)29(20-23-11-6-5-7-12-23)36(21-24-16-17-25(32)26(33)19-24)30(38)15-10-18-37(42(3,40)41)28-14-9-8-13-27(28)34/h5-9,11-14,16-17,19,22,29H,4,10,15,18,20-21H2,1-3H3,(H,35,39)/t22-,29+/m0/s1. The summed E-state index contributed by atoms with van der Waals surface area (Å²) in [5.41, 5.74) is 1.46. The number of benzene rings is 3. The maximum atomic E-state index is 14.5. The number of hydrogen-bond acceptors (Lipinski definition) is 4. The Morgan fingerprint density at radius 1 is 0.952 bits per heavy atom. The maximum absolute atomic E-state index is 14.5. The Kier molecular flexibility index (Phi) is 12.2. The van der Waals surface area contributed by atoms with Gasteiger partial charge in [-0.2, -0.15) is 0 Å². The molecule has 0 saturated heterocycles. The minimum absolute atomic E-state index is 0.0737. The molecule has 3 rings (SSSR count). The Hall–Kier alpha value is -3.14. The van der Waals surface area contributed by atoms with E-state index in [1.807, 2.05) is 44.2 Å². The van der Waals surface area contributed by atoms with Crippen molar-refractivity contribution in [1.82, 2.24) is 10.2 Å². The van der Waals surface area contributed by atoms with Crippen molar-refractivity contribution in [2.45, 2.75) is 58.2 Å². The van der Waals surface area contributed by atoms with Crippen LogP contribution in [-0.2, 0) is 32.6 Å². The molecule has 0 aliphatic carbocycles. The predicted molar refractivity (Wildman–Crippen MR) is 167 cm³/mol. The average molecular weight is 637 g/mol. The van der Waals surface area contributed by atoms with Crippen molar-refractivity contribution in [3.05, 3.63) is 99.8 Å². The molecule has 0 bridgehead atoms. The van der Waals surface area contributed by atoms with Gasteiger partial charge >= 0.3 is 0 Å². The van der Waals surface area contributed by atoms with Gasteiger partial charge in [0.05, 0.1) is 22.0 Å². The number of halogens is 3. The molecule has 0 radical (unpaired) electrons. The summed E-state index contributed by atoms with van der Waals surface area (Å²) in [5, 5.41) is 3.69. The van der Waals surface area contributed by atoms with Gasteiger partial charge in [0, 0.05) is 32.0 Å². The van der Waals surface area contributed by atoms with Crippen molar-refractivity contribution in [2.24, 2.45) is 0 Å². The molecule has 0 aliphatic heterocycles. The van der Waals surface area contributed by atoms with Crippen LogP contribution in [0.4, 0.5) is 10.1 Å². The van der Waals surface area contributed by atoms with E-state index in [-0.39, 0.29) is 55.9 Å². The maximum Gasteiger partial charge on any atom is 0.243 e. The Morgan fingerprint density at radius 2 is 1.62 bits per heavy atom. The average Bonchev–Trinajstić information content (AvgIpc) is 2.95. The molecule has 2 amide bonds. The first-order valence-corrected chi connectivity index (χ1v) is 16.3. The Balaban J connectivity index is 1.92. The van der Waals surface area contributed by atoms with Crippen LogP contribution in [0.3, 0.4) is 0 Å². The molecule has 0 aromatic heterocycles. The van der Waals surface area contributed by atoms with Crippen LogP contribution >= 0.6 is 23.2 Å². The lowest BCUT2D eigenvalue weighted by molar-refractivity contribution is -0.141. The first kappa shape index (κ1) is 33.4. The third kappa shape index (κ3) is 9.44. The zero-order valence-corrected chi connectivity index (χ0v) is 26.2. The summed E-state index contributed by atoms with van der Waals surface area (Å²) >= 11 is 12.4. The SMILES string of the molecule is CC[C@H](C)NC(=O)[C@@H](Cc1ccccc1)N(Cc1ccc(Cl)c(Cl)c1)C(=O)CCCN(c1ccccc1F)S(C)(=O)=O. The highest BCUT2D eigenvalue weighted by Gasteiger charge is 2.31. The molecule has 0 saturated carbocycles. The molecular formula is C31H36Cl2FN3O4S. The van der Waals surface area contributed by atoms with Crippen molar-refractivity contribution in [3.8, 4) is 0 Å². The number of hydrogen-bond donors (Lipinski definition) is 1. The zero-order chi connectivity index (χ0) is 30.9. The summed E-state index contributed by atoms with van der Waals surface area (Å²) in [6.07, 6.45) is 1.99. The summed E-state index contributed by atoms with van der Waals surface area (Å²) in [5.74, 6) is -1.34. The first-order valence-electron chi connectivity index (χ1n) is 13.7. The number of nitrogens with one attached hydrogen (secondary N) is 1. The van der Waals surface area contributed by atoms with Gasteiger partial charge in [-0.1, -0.05) is 78.7 Å². The van der Waals surface area contributed by atoms with Gasteiger partial charge in [0.15, 0.2) is 0 Å². The van der Waals surface area contributed by atoms with Crippen LogP contribution in [0, 0.1) is 5.82 Å². The lowest BCUT2D eigenvalue weighted by Crippen LogP contribution is -2.52. The number of amides is 2. The normalized spacial score (nSPS) is 12.8. The number of para-hydroxylation sites is 1. The zero-order valence-electron chi connectivity index (χ0n) is 23.9. The molecule has 7 nitrogen and oxygen atoms in total. The lowest BCUT2D eigenvalue weighted by Gasteiger charge is -2.33. The van der Waals surface area contributed by atoms with E-state index in [1.165, 1.54) is 23.1 Å². The molecule has 3 aromatic carbocycles. The lowest BCUT2D eigenvalue weighted by atomic mass is 10.0. The highest BCUT2D eigenvalue weighted by atomic mass is 35.5. The van der Waals surface area contributed by atoms with Gasteiger partial charge < -0.3 is 10.2 Å². The van der Waals surface area contributed by atoms with Crippen LogP contribution in [0.25, 0.3) is 0 Å². The second kappa shape index (κ2) is 15.4. The fourth-order valence-corrected chi connectivity index (χ4v) is 5.75. The topological polar surface area (TPSA) is 86.8 Å². The van der Waals surface area contributed by atoms with E-state index in [1.54, 1.807) is 24.3 Å². The number of carbonyl (C=O) groups excluding carboxylic acids is 2. The number of rotatable bonds is 14. The van der Waals surface area contributed by atoms with Crippen molar-refractivity contribution in [2.75, 3.05) is 17.1 Å². The van der Waals surface area contributed by atoms with Gasteiger partial charge in [0.25, 0.3) is 0 Å². The fraction of sp³-hybridized carbons (Fsp3) is 0.355.